The molecule has 90 valence electrons. The van der Waals surface area contributed by atoms with Gasteiger partial charge in [-0.1, -0.05) is 0 Å². The number of nitrogens with zero attached hydrogens (tertiary/aromatic N) is 2. The van der Waals surface area contributed by atoms with Crippen LogP contribution in [0.1, 0.15) is 12.8 Å². The molecule has 1 atom stereocenters. The second kappa shape index (κ2) is 7.17. The van der Waals surface area contributed by atoms with E-state index in [1.165, 1.54) is 19.4 Å². The average molecular weight is 215 g/mol. The van der Waals surface area contributed by atoms with Gasteiger partial charge in [0.25, 0.3) is 0 Å². The highest BCUT2D eigenvalue weighted by atomic mass is 16.5. The van der Waals surface area contributed by atoms with Gasteiger partial charge in [0.1, 0.15) is 0 Å². The van der Waals surface area contributed by atoms with Gasteiger partial charge < -0.3 is 15.4 Å². The summed E-state index contributed by atoms with van der Waals surface area (Å²) < 4.78 is 5.42. The van der Waals surface area contributed by atoms with Crippen LogP contribution in [-0.2, 0) is 4.74 Å². The quantitative estimate of drug-likeness (QED) is 0.606. The van der Waals surface area contributed by atoms with Gasteiger partial charge >= 0.3 is 0 Å². The summed E-state index contributed by atoms with van der Waals surface area (Å²) in [5.41, 5.74) is 5.37. The SMILES string of the molecule is CN(C)CC1CCCN1CCOCCN. The highest BCUT2D eigenvalue weighted by Gasteiger charge is 2.24. The van der Waals surface area contributed by atoms with Crippen LogP contribution < -0.4 is 5.73 Å². The summed E-state index contributed by atoms with van der Waals surface area (Å²) in [6, 6.07) is 0.724. The minimum atomic E-state index is 0.626. The molecule has 1 rings (SSSR count). The summed E-state index contributed by atoms with van der Waals surface area (Å²) in [4.78, 5) is 4.81. The highest BCUT2D eigenvalue weighted by Crippen LogP contribution is 2.16. The standard InChI is InChI=1S/C11H25N3O/c1-13(2)10-11-4-3-6-14(11)7-9-15-8-5-12/h11H,3-10,12H2,1-2H3. The van der Waals surface area contributed by atoms with E-state index < -0.39 is 0 Å². The van der Waals surface area contributed by atoms with E-state index in [0.717, 1.165) is 25.7 Å². The Morgan fingerprint density at radius 1 is 1.40 bits per heavy atom. The van der Waals surface area contributed by atoms with Crippen LogP contribution in [0.2, 0.25) is 0 Å². The van der Waals surface area contributed by atoms with Crippen molar-refractivity contribution in [2.24, 2.45) is 5.73 Å². The Labute approximate surface area is 93.4 Å². The maximum atomic E-state index is 5.42. The minimum Gasteiger partial charge on any atom is -0.379 e. The monoisotopic (exact) mass is 215 g/mol. The molecule has 0 aliphatic carbocycles. The van der Waals surface area contributed by atoms with E-state index in [-0.39, 0.29) is 0 Å². The number of rotatable bonds is 7. The molecular weight excluding hydrogens is 190 g/mol. The van der Waals surface area contributed by atoms with Gasteiger partial charge in [-0.3, -0.25) is 4.90 Å². The maximum Gasteiger partial charge on any atom is 0.0594 e. The fourth-order valence-electron chi connectivity index (χ4n) is 2.18. The first kappa shape index (κ1) is 12.9. The Hall–Kier alpha value is -0.160. The molecule has 15 heavy (non-hydrogen) atoms. The van der Waals surface area contributed by atoms with Crippen molar-refractivity contribution >= 4 is 0 Å². The Morgan fingerprint density at radius 2 is 2.20 bits per heavy atom. The predicted molar refractivity (Wildman–Crippen MR) is 63.0 cm³/mol. The van der Waals surface area contributed by atoms with Crippen molar-refractivity contribution in [1.29, 1.82) is 0 Å². The van der Waals surface area contributed by atoms with Crippen LogP contribution in [0.15, 0.2) is 0 Å². The molecule has 0 bridgehead atoms. The van der Waals surface area contributed by atoms with Crippen molar-refractivity contribution < 1.29 is 4.74 Å². The van der Waals surface area contributed by atoms with Gasteiger partial charge in [-0.15, -0.1) is 0 Å². The largest absolute Gasteiger partial charge is 0.379 e. The molecule has 0 aromatic rings. The second-order valence-corrected chi connectivity index (χ2v) is 4.50. The third kappa shape index (κ3) is 4.93. The summed E-state index contributed by atoms with van der Waals surface area (Å²) in [7, 11) is 4.28. The van der Waals surface area contributed by atoms with E-state index in [9.17, 15) is 0 Å². The van der Waals surface area contributed by atoms with Crippen LogP contribution in [0.4, 0.5) is 0 Å². The van der Waals surface area contributed by atoms with Crippen molar-refractivity contribution in [2.75, 3.05) is 53.5 Å². The van der Waals surface area contributed by atoms with E-state index in [2.05, 4.69) is 23.9 Å². The van der Waals surface area contributed by atoms with Gasteiger partial charge in [0.05, 0.1) is 13.2 Å². The molecule has 1 aliphatic heterocycles. The molecule has 1 saturated heterocycles. The number of hydrogen-bond acceptors (Lipinski definition) is 4. The maximum absolute atomic E-state index is 5.42. The molecule has 4 heteroatoms. The Balaban J connectivity index is 2.15. The number of hydrogen-bond donors (Lipinski definition) is 1. The van der Waals surface area contributed by atoms with Crippen molar-refractivity contribution in [3.63, 3.8) is 0 Å². The zero-order chi connectivity index (χ0) is 11.1. The van der Waals surface area contributed by atoms with E-state index in [1.807, 2.05) is 0 Å². The van der Waals surface area contributed by atoms with Crippen LogP contribution in [0.3, 0.4) is 0 Å². The van der Waals surface area contributed by atoms with Crippen LogP contribution in [0.25, 0.3) is 0 Å². The molecule has 1 unspecified atom stereocenters. The van der Waals surface area contributed by atoms with E-state index >= 15 is 0 Å². The summed E-state index contributed by atoms with van der Waals surface area (Å²) >= 11 is 0. The number of likely N-dealkylation sites (N-methyl/N-ethyl adjacent to an activating group) is 1. The van der Waals surface area contributed by atoms with Gasteiger partial charge in [0, 0.05) is 25.7 Å². The molecule has 0 spiro atoms. The minimum absolute atomic E-state index is 0.626. The Bertz CT molecular complexity index is 164. The third-order valence-electron chi connectivity index (χ3n) is 2.86. The van der Waals surface area contributed by atoms with Gasteiger partial charge in [-0.2, -0.15) is 0 Å². The smallest absolute Gasteiger partial charge is 0.0594 e. The number of likely N-dealkylation sites (tertiary alicyclic amines) is 1. The fraction of sp³-hybridized carbons (Fsp3) is 1.00. The molecule has 1 fully saturated rings. The van der Waals surface area contributed by atoms with Crippen LogP contribution in [0.5, 0.6) is 0 Å². The van der Waals surface area contributed by atoms with Crippen molar-refractivity contribution in [3.05, 3.63) is 0 Å². The molecule has 4 nitrogen and oxygen atoms in total. The van der Waals surface area contributed by atoms with Crippen molar-refractivity contribution in [3.8, 4) is 0 Å². The Morgan fingerprint density at radius 3 is 2.87 bits per heavy atom. The normalized spacial score (nSPS) is 22.8. The van der Waals surface area contributed by atoms with Crippen LogP contribution >= 0.6 is 0 Å². The molecule has 2 N–H and O–H groups in total. The molecule has 0 amide bonds. The first-order valence-electron chi connectivity index (χ1n) is 5.90. The zero-order valence-corrected chi connectivity index (χ0v) is 10.1. The summed E-state index contributed by atoms with van der Waals surface area (Å²) in [6.07, 6.45) is 2.66. The highest BCUT2D eigenvalue weighted by molar-refractivity contribution is 4.80. The summed E-state index contributed by atoms with van der Waals surface area (Å²) in [5, 5.41) is 0. The Kier molecular flexibility index (Phi) is 6.17. The third-order valence-corrected chi connectivity index (χ3v) is 2.86. The van der Waals surface area contributed by atoms with Gasteiger partial charge in [-0.05, 0) is 33.5 Å². The second-order valence-electron chi connectivity index (χ2n) is 4.50. The van der Waals surface area contributed by atoms with Crippen LogP contribution in [-0.4, -0.2) is 69.3 Å². The zero-order valence-electron chi connectivity index (χ0n) is 10.1. The summed E-state index contributed by atoms with van der Waals surface area (Å²) in [6.45, 7) is 5.58. The lowest BCUT2D eigenvalue weighted by Crippen LogP contribution is -2.39. The van der Waals surface area contributed by atoms with E-state index in [4.69, 9.17) is 10.5 Å². The predicted octanol–water partition coefficient (Wildman–Crippen LogP) is -0.0123. The van der Waals surface area contributed by atoms with Gasteiger partial charge in [0.2, 0.25) is 0 Å². The molecule has 0 aromatic carbocycles. The van der Waals surface area contributed by atoms with Gasteiger partial charge in [0.15, 0.2) is 0 Å². The van der Waals surface area contributed by atoms with Gasteiger partial charge in [-0.25, -0.2) is 0 Å². The van der Waals surface area contributed by atoms with Crippen molar-refractivity contribution in [2.45, 2.75) is 18.9 Å². The lowest BCUT2D eigenvalue weighted by Gasteiger charge is -2.26. The average Bonchev–Trinajstić information content (AvgIpc) is 2.59. The fourth-order valence-corrected chi connectivity index (χ4v) is 2.18. The topological polar surface area (TPSA) is 41.7 Å². The van der Waals surface area contributed by atoms with Crippen LogP contribution in [0, 0.1) is 0 Å². The van der Waals surface area contributed by atoms with E-state index in [0.29, 0.717) is 13.2 Å². The molecule has 0 saturated carbocycles. The lowest BCUT2D eigenvalue weighted by molar-refractivity contribution is 0.0990. The first-order valence-corrected chi connectivity index (χ1v) is 5.90. The number of nitrogens with two attached hydrogens (primary N) is 1. The lowest BCUT2D eigenvalue weighted by atomic mass is 10.2. The van der Waals surface area contributed by atoms with E-state index in [1.54, 1.807) is 0 Å². The first-order chi connectivity index (χ1) is 7.24. The number of ether oxygens (including phenoxy) is 1. The molecule has 1 aliphatic rings. The molecular formula is C11H25N3O. The molecule has 0 radical (unpaired) electrons. The van der Waals surface area contributed by atoms with Crippen molar-refractivity contribution in [1.82, 2.24) is 9.80 Å². The molecule has 1 heterocycles. The molecule has 0 aromatic heterocycles. The summed E-state index contributed by atoms with van der Waals surface area (Å²) in [5.74, 6) is 0.